The van der Waals surface area contributed by atoms with E-state index in [0.29, 0.717) is 25.7 Å². The quantitative estimate of drug-likeness (QED) is 0.440. The molecule has 16 heavy (non-hydrogen) atoms. The lowest BCUT2D eigenvalue weighted by atomic mass is 10.2. The second-order valence-electron chi connectivity index (χ2n) is 3.64. The Hall–Kier alpha value is -1.14. The van der Waals surface area contributed by atoms with E-state index in [1.807, 2.05) is 0 Å². The number of nitrogens with two attached hydrogens (primary N) is 2. The fourth-order valence-corrected chi connectivity index (χ4v) is 1.20. The van der Waals surface area contributed by atoms with E-state index in [1.54, 1.807) is 0 Å². The van der Waals surface area contributed by atoms with Crippen LogP contribution in [0.3, 0.4) is 0 Å². The summed E-state index contributed by atoms with van der Waals surface area (Å²) in [5.74, 6) is -0.658. The van der Waals surface area contributed by atoms with E-state index in [2.05, 4.69) is 10.6 Å². The lowest BCUT2D eigenvalue weighted by Gasteiger charge is -2.11. The molecule has 1 aliphatic rings. The highest BCUT2D eigenvalue weighted by Crippen LogP contribution is 1.97. The summed E-state index contributed by atoms with van der Waals surface area (Å²) in [5, 5.41) is 6.44. The molecule has 1 rings (SSSR count). The third kappa shape index (κ3) is 12.9. The Morgan fingerprint density at radius 3 is 1.31 bits per heavy atom. The van der Waals surface area contributed by atoms with Crippen LogP contribution >= 0.6 is 0 Å². The fourth-order valence-electron chi connectivity index (χ4n) is 1.20. The Balaban J connectivity index is 0.000000315. The van der Waals surface area contributed by atoms with E-state index in [1.165, 1.54) is 0 Å². The van der Waals surface area contributed by atoms with E-state index in [0.717, 1.165) is 26.2 Å². The molecule has 0 bridgehead atoms. The molecule has 1 heterocycles. The molecule has 1 fully saturated rings. The molecule has 0 radical (unpaired) electrons. The third-order valence-corrected chi connectivity index (χ3v) is 2.05. The summed E-state index contributed by atoms with van der Waals surface area (Å²) in [6.45, 7) is 4.56. The standard InChI is InChI=1S/C6H12N2O2.C4H10N2/c7-5(9)3-1-2-4-6(8)10;1-2-6-4-3-5-1/h1-4H2,(H2,7,9)(H2,8,10);5-6H,1-4H2. The molecule has 0 atom stereocenters. The Bertz CT molecular complexity index is 177. The largest absolute Gasteiger partial charge is 0.370 e. The van der Waals surface area contributed by atoms with Crippen LogP contribution in [0.15, 0.2) is 0 Å². The number of piperazine rings is 1. The number of hydrogen-bond acceptors (Lipinski definition) is 4. The average molecular weight is 230 g/mol. The number of rotatable bonds is 5. The van der Waals surface area contributed by atoms with Gasteiger partial charge >= 0.3 is 0 Å². The zero-order valence-electron chi connectivity index (χ0n) is 9.63. The molecule has 0 unspecified atom stereocenters. The maximum atomic E-state index is 10.2. The van der Waals surface area contributed by atoms with E-state index in [9.17, 15) is 9.59 Å². The van der Waals surface area contributed by atoms with Crippen molar-refractivity contribution >= 4 is 11.8 Å². The molecule has 94 valence electrons. The number of nitrogens with one attached hydrogen (secondary N) is 2. The smallest absolute Gasteiger partial charge is 0.217 e. The van der Waals surface area contributed by atoms with Crippen LogP contribution in [-0.2, 0) is 9.59 Å². The monoisotopic (exact) mass is 230 g/mol. The fraction of sp³-hybridized carbons (Fsp3) is 0.800. The first kappa shape index (κ1) is 14.9. The zero-order valence-corrected chi connectivity index (χ0v) is 9.63. The van der Waals surface area contributed by atoms with Crippen molar-refractivity contribution in [2.45, 2.75) is 25.7 Å². The summed E-state index contributed by atoms with van der Waals surface area (Å²) >= 11 is 0. The van der Waals surface area contributed by atoms with Crippen LogP contribution in [0.25, 0.3) is 0 Å². The van der Waals surface area contributed by atoms with Crippen molar-refractivity contribution in [3.05, 3.63) is 0 Å². The van der Waals surface area contributed by atoms with Crippen LogP contribution < -0.4 is 22.1 Å². The Morgan fingerprint density at radius 1 is 0.812 bits per heavy atom. The Labute approximate surface area is 96.1 Å². The summed E-state index contributed by atoms with van der Waals surface area (Å²) in [6, 6.07) is 0. The van der Waals surface area contributed by atoms with Crippen molar-refractivity contribution < 1.29 is 9.59 Å². The van der Waals surface area contributed by atoms with Gasteiger partial charge < -0.3 is 22.1 Å². The van der Waals surface area contributed by atoms with E-state index in [-0.39, 0.29) is 11.8 Å². The normalized spacial score (nSPS) is 14.8. The number of carbonyl (C=O) groups is 2. The molecule has 2 amide bonds. The summed E-state index contributed by atoms with van der Waals surface area (Å²) < 4.78 is 0. The van der Waals surface area contributed by atoms with Gasteiger partial charge in [-0.1, -0.05) is 0 Å². The molecular formula is C10H22N4O2. The van der Waals surface area contributed by atoms with Gasteiger partial charge in [0.25, 0.3) is 0 Å². The van der Waals surface area contributed by atoms with Gasteiger partial charge in [0.15, 0.2) is 0 Å². The van der Waals surface area contributed by atoms with E-state index < -0.39 is 0 Å². The van der Waals surface area contributed by atoms with E-state index in [4.69, 9.17) is 11.5 Å². The van der Waals surface area contributed by atoms with Crippen molar-refractivity contribution in [1.82, 2.24) is 10.6 Å². The van der Waals surface area contributed by atoms with Gasteiger partial charge in [0.1, 0.15) is 0 Å². The van der Waals surface area contributed by atoms with Crippen molar-refractivity contribution in [3.63, 3.8) is 0 Å². The lowest BCUT2D eigenvalue weighted by molar-refractivity contribution is -0.119. The number of hydrogen-bond donors (Lipinski definition) is 4. The van der Waals surface area contributed by atoms with Crippen molar-refractivity contribution in [1.29, 1.82) is 0 Å². The minimum Gasteiger partial charge on any atom is -0.370 e. The number of amides is 2. The van der Waals surface area contributed by atoms with Crippen LogP contribution in [0.4, 0.5) is 0 Å². The molecule has 0 aromatic heterocycles. The van der Waals surface area contributed by atoms with Crippen LogP contribution in [0, 0.1) is 0 Å². The first-order chi connectivity index (χ1) is 7.63. The van der Waals surface area contributed by atoms with Gasteiger partial charge in [0.2, 0.25) is 11.8 Å². The highest BCUT2D eigenvalue weighted by atomic mass is 16.1. The molecule has 0 aromatic carbocycles. The SMILES string of the molecule is C1CNCCN1.NC(=O)CCCCC(N)=O. The zero-order chi connectivity index (χ0) is 12.2. The first-order valence-corrected chi connectivity index (χ1v) is 5.61. The minimum atomic E-state index is -0.329. The highest BCUT2D eigenvalue weighted by molar-refractivity contribution is 5.74. The maximum Gasteiger partial charge on any atom is 0.217 e. The first-order valence-electron chi connectivity index (χ1n) is 5.61. The molecule has 0 spiro atoms. The number of unbranched alkanes of at least 4 members (excludes halogenated alkanes) is 1. The Kier molecular flexibility index (Phi) is 9.64. The summed E-state index contributed by atoms with van der Waals surface area (Å²) in [7, 11) is 0. The summed E-state index contributed by atoms with van der Waals surface area (Å²) in [5.41, 5.74) is 9.71. The second-order valence-corrected chi connectivity index (χ2v) is 3.64. The lowest BCUT2D eigenvalue weighted by Crippen LogP contribution is -2.39. The van der Waals surface area contributed by atoms with Crippen molar-refractivity contribution in [2.24, 2.45) is 11.5 Å². The van der Waals surface area contributed by atoms with Gasteiger partial charge in [-0.2, -0.15) is 0 Å². The maximum absolute atomic E-state index is 10.2. The van der Waals surface area contributed by atoms with E-state index >= 15 is 0 Å². The molecule has 0 aromatic rings. The van der Waals surface area contributed by atoms with Gasteiger partial charge in [-0.05, 0) is 12.8 Å². The Morgan fingerprint density at radius 2 is 1.12 bits per heavy atom. The predicted octanol–water partition coefficient (Wildman–Crippen LogP) is -1.30. The average Bonchev–Trinajstić information content (AvgIpc) is 2.27. The molecule has 0 aliphatic carbocycles. The minimum absolute atomic E-state index is 0.329. The molecular weight excluding hydrogens is 208 g/mol. The van der Waals surface area contributed by atoms with Crippen molar-refractivity contribution in [2.75, 3.05) is 26.2 Å². The second kappa shape index (κ2) is 10.4. The van der Waals surface area contributed by atoms with Crippen LogP contribution in [0.5, 0.6) is 0 Å². The topological polar surface area (TPSA) is 110 Å². The molecule has 1 aliphatic heterocycles. The number of primary amides is 2. The van der Waals surface area contributed by atoms with Gasteiger partial charge in [-0.15, -0.1) is 0 Å². The molecule has 6 N–H and O–H groups in total. The van der Waals surface area contributed by atoms with Crippen LogP contribution in [0.2, 0.25) is 0 Å². The third-order valence-electron chi connectivity index (χ3n) is 2.05. The number of carbonyl (C=O) groups excluding carboxylic acids is 2. The highest BCUT2D eigenvalue weighted by Gasteiger charge is 1.96. The van der Waals surface area contributed by atoms with Gasteiger partial charge in [-0.25, -0.2) is 0 Å². The summed E-state index contributed by atoms with van der Waals surface area (Å²) in [6.07, 6.45) is 1.98. The molecule has 6 heteroatoms. The van der Waals surface area contributed by atoms with Crippen molar-refractivity contribution in [3.8, 4) is 0 Å². The van der Waals surface area contributed by atoms with Crippen LogP contribution in [0.1, 0.15) is 25.7 Å². The molecule has 0 saturated carbocycles. The van der Waals surface area contributed by atoms with Gasteiger partial charge in [-0.3, -0.25) is 9.59 Å². The van der Waals surface area contributed by atoms with Gasteiger partial charge in [0.05, 0.1) is 0 Å². The van der Waals surface area contributed by atoms with Crippen LogP contribution in [-0.4, -0.2) is 38.0 Å². The molecule has 1 saturated heterocycles. The predicted molar refractivity (Wildman–Crippen MR) is 62.6 cm³/mol. The molecule has 6 nitrogen and oxygen atoms in total. The van der Waals surface area contributed by atoms with Gasteiger partial charge in [0, 0.05) is 39.0 Å². The summed E-state index contributed by atoms with van der Waals surface area (Å²) in [4.78, 5) is 20.3.